The summed E-state index contributed by atoms with van der Waals surface area (Å²) in [5.74, 6) is 0. The zero-order valence-corrected chi connectivity index (χ0v) is 8.73. The normalized spacial score (nSPS) is 15.5. The summed E-state index contributed by atoms with van der Waals surface area (Å²) >= 11 is 4.04. The van der Waals surface area contributed by atoms with E-state index in [0.29, 0.717) is 5.56 Å². The van der Waals surface area contributed by atoms with E-state index >= 15 is 0 Å². The quantitative estimate of drug-likeness (QED) is 0.736. The molecule has 1 aromatic carbocycles. The second kappa shape index (κ2) is 3.78. The summed E-state index contributed by atoms with van der Waals surface area (Å²) in [7, 11) is 0. The number of nitrogens with zero attached hydrogens (tertiary/aromatic N) is 1. The smallest absolute Gasteiger partial charge is 0.196 e. The number of hydrogen-bond acceptors (Lipinski definition) is 2. The van der Waals surface area contributed by atoms with Crippen molar-refractivity contribution in [1.82, 2.24) is 0 Å². The first-order valence-electron chi connectivity index (χ1n) is 4.09. The van der Waals surface area contributed by atoms with Gasteiger partial charge in [0.1, 0.15) is 4.75 Å². The molecule has 0 saturated carbocycles. The maximum atomic E-state index is 12.2. The first-order chi connectivity index (χ1) is 6.77. The van der Waals surface area contributed by atoms with Crippen molar-refractivity contribution in [2.75, 3.05) is 0 Å². The molecule has 0 bridgehead atoms. The van der Waals surface area contributed by atoms with E-state index in [9.17, 15) is 13.2 Å². The highest BCUT2D eigenvalue weighted by molar-refractivity contribution is 7.81. The third-order valence-electron chi connectivity index (χ3n) is 1.99. The van der Waals surface area contributed by atoms with Gasteiger partial charge in [-0.1, -0.05) is 12.1 Å². The number of nitriles is 1. The van der Waals surface area contributed by atoms with Crippen molar-refractivity contribution in [3.63, 3.8) is 0 Å². The van der Waals surface area contributed by atoms with Crippen molar-refractivity contribution < 1.29 is 13.2 Å². The molecule has 0 saturated heterocycles. The summed E-state index contributed by atoms with van der Waals surface area (Å²) in [5.41, 5.74) is -0.283. The van der Waals surface area contributed by atoms with Gasteiger partial charge in [0, 0.05) is 0 Å². The molecule has 0 aliphatic carbocycles. The lowest BCUT2D eigenvalue weighted by atomic mass is 10.0. The minimum absolute atomic E-state index is 0.446. The maximum absolute atomic E-state index is 12.2. The molecule has 0 spiro atoms. The molecule has 0 aliphatic rings. The molecule has 0 radical (unpaired) electrons. The summed E-state index contributed by atoms with van der Waals surface area (Å²) in [6.07, 6.45) is -4.35. The van der Waals surface area contributed by atoms with Gasteiger partial charge < -0.3 is 0 Å². The SMILES string of the molecule is CC(S)(C#N)c1ccc(C(F)(F)F)cc1. The van der Waals surface area contributed by atoms with E-state index in [4.69, 9.17) is 5.26 Å². The Kier molecular flexibility index (Phi) is 3.00. The van der Waals surface area contributed by atoms with Gasteiger partial charge in [0.2, 0.25) is 0 Å². The van der Waals surface area contributed by atoms with Gasteiger partial charge in [-0.25, -0.2) is 0 Å². The highest BCUT2D eigenvalue weighted by atomic mass is 32.1. The average molecular weight is 231 g/mol. The molecular formula is C10H8F3NS. The van der Waals surface area contributed by atoms with E-state index in [1.165, 1.54) is 19.1 Å². The fourth-order valence-corrected chi connectivity index (χ4v) is 1.20. The van der Waals surface area contributed by atoms with Gasteiger partial charge in [-0.15, -0.1) is 0 Å². The van der Waals surface area contributed by atoms with Crippen LogP contribution >= 0.6 is 12.6 Å². The van der Waals surface area contributed by atoms with Crippen LogP contribution in [-0.4, -0.2) is 0 Å². The third kappa shape index (κ3) is 2.66. The van der Waals surface area contributed by atoms with E-state index in [1.807, 2.05) is 6.07 Å². The number of thiol groups is 1. The van der Waals surface area contributed by atoms with Crippen molar-refractivity contribution in [1.29, 1.82) is 5.26 Å². The predicted molar refractivity (Wildman–Crippen MR) is 53.4 cm³/mol. The Labute approximate surface area is 90.9 Å². The molecule has 0 aromatic heterocycles. The van der Waals surface area contributed by atoms with E-state index in [0.717, 1.165) is 12.1 Å². The Balaban J connectivity index is 3.08. The van der Waals surface area contributed by atoms with Gasteiger partial charge in [-0.2, -0.15) is 31.1 Å². The molecule has 15 heavy (non-hydrogen) atoms. The first-order valence-corrected chi connectivity index (χ1v) is 4.53. The lowest BCUT2D eigenvalue weighted by Gasteiger charge is -2.15. The van der Waals surface area contributed by atoms with Crippen molar-refractivity contribution in [2.45, 2.75) is 17.8 Å². The molecule has 0 N–H and O–H groups in total. The van der Waals surface area contributed by atoms with Crippen LogP contribution in [0, 0.1) is 11.3 Å². The minimum atomic E-state index is -4.35. The maximum Gasteiger partial charge on any atom is 0.416 e. The molecule has 1 unspecified atom stereocenters. The van der Waals surface area contributed by atoms with E-state index in [2.05, 4.69) is 12.6 Å². The molecule has 1 nitrogen and oxygen atoms in total. The molecule has 5 heteroatoms. The van der Waals surface area contributed by atoms with Gasteiger partial charge in [-0.3, -0.25) is 0 Å². The van der Waals surface area contributed by atoms with Crippen LogP contribution in [-0.2, 0) is 10.9 Å². The van der Waals surface area contributed by atoms with Gasteiger partial charge in [0.15, 0.2) is 0 Å². The largest absolute Gasteiger partial charge is 0.416 e. The topological polar surface area (TPSA) is 23.8 Å². The molecule has 0 amide bonds. The molecule has 0 heterocycles. The van der Waals surface area contributed by atoms with Gasteiger partial charge >= 0.3 is 6.18 Å². The Bertz CT molecular complexity index is 387. The summed E-state index contributed by atoms with van der Waals surface area (Å²) in [6, 6.07) is 6.32. The van der Waals surface area contributed by atoms with Crippen LogP contribution in [0.4, 0.5) is 13.2 Å². The molecule has 0 aliphatic heterocycles. The molecule has 80 valence electrons. The van der Waals surface area contributed by atoms with Crippen LogP contribution in [0.3, 0.4) is 0 Å². The third-order valence-corrected chi connectivity index (χ3v) is 2.35. The lowest BCUT2D eigenvalue weighted by Crippen LogP contribution is -2.11. The number of alkyl halides is 3. The van der Waals surface area contributed by atoms with Crippen LogP contribution in [0.2, 0.25) is 0 Å². The molecule has 0 fully saturated rings. The number of halogens is 3. The molecular weight excluding hydrogens is 223 g/mol. The van der Waals surface area contributed by atoms with Gasteiger partial charge in [-0.05, 0) is 24.6 Å². The van der Waals surface area contributed by atoms with Gasteiger partial charge in [0.25, 0.3) is 0 Å². The fourth-order valence-electron chi connectivity index (χ4n) is 1.05. The Morgan fingerprint density at radius 3 is 1.87 bits per heavy atom. The fraction of sp³-hybridized carbons (Fsp3) is 0.300. The lowest BCUT2D eigenvalue weighted by molar-refractivity contribution is -0.137. The molecule has 1 atom stereocenters. The summed E-state index contributed by atoms with van der Waals surface area (Å²) in [4.78, 5) is 0. The average Bonchev–Trinajstić information content (AvgIpc) is 2.17. The number of rotatable bonds is 1. The monoisotopic (exact) mass is 231 g/mol. The molecule has 1 rings (SSSR count). The van der Waals surface area contributed by atoms with E-state index < -0.39 is 16.5 Å². The molecule has 1 aromatic rings. The first kappa shape index (κ1) is 11.9. The van der Waals surface area contributed by atoms with Crippen LogP contribution in [0.15, 0.2) is 24.3 Å². The van der Waals surface area contributed by atoms with Crippen molar-refractivity contribution >= 4 is 12.6 Å². The van der Waals surface area contributed by atoms with Crippen molar-refractivity contribution in [3.8, 4) is 6.07 Å². The highest BCUT2D eigenvalue weighted by Gasteiger charge is 2.31. The predicted octanol–water partition coefficient (Wildman–Crippen LogP) is 3.37. The highest BCUT2D eigenvalue weighted by Crippen LogP contribution is 2.32. The van der Waals surface area contributed by atoms with Crippen LogP contribution < -0.4 is 0 Å². The van der Waals surface area contributed by atoms with Crippen LogP contribution in [0.1, 0.15) is 18.1 Å². The summed E-state index contributed by atoms with van der Waals surface area (Å²) < 4.78 is 35.6. The van der Waals surface area contributed by atoms with E-state index in [1.54, 1.807) is 0 Å². The standard InChI is InChI=1S/C10H8F3NS/c1-9(15,6-14)7-2-4-8(5-3-7)10(11,12)13/h2-5,15H,1H3. The van der Waals surface area contributed by atoms with Crippen molar-refractivity contribution in [3.05, 3.63) is 35.4 Å². The Hall–Kier alpha value is -1.15. The summed E-state index contributed by atoms with van der Waals surface area (Å²) in [5, 5.41) is 8.73. The zero-order valence-electron chi connectivity index (χ0n) is 7.84. The zero-order chi connectivity index (χ0) is 11.7. The van der Waals surface area contributed by atoms with Gasteiger partial charge in [0.05, 0.1) is 11.6 Å². The van der Waals surface area contributed by atoms with Crippen LogP contribution in [0.25, 0.3) is 0 Å². The van der Waals surface area contributed by atoms with E-state index in [-0.39, 0.29) is 0 Å². The minimum Gasteiger partial charge on any atom is -0.196 e. The summed E-state index contributed by atoms with van der Waals surface area (Å²) in [6.45, 7) is 1.53. The second-order valence-electron chi connectivity index (χ2n) is 3.26. The number of benzene rings is 1. The number of hydrogen-bond donors (Lipinski definition) is 1. The Morgan fingerprint density at radius 2 is 1.53 bits per heavy atom. The second-order valence-corrected chi connectivity index (χ2v) is 4.15. The van der Waals surface area contributed by atoms with Crippen LogP contribution in [0.5, 0.6) is 0 Å². The van der Waals surface area contributed by atoms with Crippen molar-refractivity contribution in [2.24, 2.45) is 0 Å². The Morgan fingerprint density at radius 1 is 1.13 bits per heavy atom.